The summed E-state index contributed by atoms with van der Waals surface area (Å²) in [6, 6.07) is 8.88. The predicted molar refractivity (Wildman–Crippen MR) is 78.7 cm³/mol. The van der Waals surface area contributed by atoms with Crippen LogP contribution >= 0.6 is 11.8 Å². The first-order chi connectivity index (χ1) is 9.25. The molecule has 3 nitrogen and oxygen atoms in total. The van der Waals surface area contributed by atoms with Crippen LogP contribution in [0, 0.1) is 0 Å². The van der Waals surface area contributed by atoms with Crippen molar-refractivity contribution < 1.29 is 4.74 Å². The van der Waals surface area contributed by atoms with Crippen LogP contribution in [0.15, 0.2) is 29.3 Å². The average Bonchev–Trinajstić information content (AvgIpc) is 2.63. The number of ether oxygens (including phenoxy) is 1. The molecule has 0 aliphatic carbocycles. The lowest BCUT2D eigenvalue weighted by atomic mass is 9.91. The molecular formula is C15H18N2OS. The number of hydrogen-bond acceptors (Lipinski definition) is 4. The van der Waals surface area contributed by atoms with Gasteiger partial charge in [0.1, 0.15) is 5.75 Å². The van der Waals surface area contributed by atoms with Gasteiger partial charge in [-0.2, -0.15) is 0 Å². The monoisotopic (exact) mass is 274 g/mol. The quantitative estimate of drug-likeness (QED) is 0.724. The van der Waals surface area contributed by atoms with Gasteiger partial charge in [-0.25, -0.2) is 4.99 Å². The Morgan fingerprint density at radius 1 is 1.37 bits per heavy atom. The third kappa shape index (κ3) is 1.84. The molecule has 19 heavy (non-hydrogen) atoms. The SMILES string of the molecule is C[C@@]12C[C@H](c3ccccc3O1)N1CCCCSC1=N2. The molecule has 0 unspecified atom stereocenters. The summed E-state index contributed by atoms with van der Waals surface area (Å²) in [6.07, 6.45) is 3.52. The molecule has 2 atom stereocenters. The van der Waals surface area contributed by atoms with Gasteiger partial charge in [0.15, 0.2) is 5.17 Å². The van der Waals surface area contributed by atoms with E-state index in [1.807, 2.05) is 17.8 Å². The number of fused-ring (bicyclic) bond motifs is 6. The number of benzene rings is 1. The summed E-state index contributed by atoms with van der Waals surface area (Å²) in [7, 11) is 0. The van der Waals surface area contributed by atoms with E-state index in [-0.39, 0.29) is 5.72 Å². The van der Waals surface area contributed by atoms with E-state index < -0.39 is 0 Å². The van der Waals surface area contributed by atoms with Crippen LogP contribution in [0.25, 0.3) is 0 Å². The number of aliphatic imine (C=N–C) groups is 1. The molecule has 0 spiro atoms. The Kier molecular flexibility index (Phi) is 2.56. The van der Waals surface area contributed by atoms with E-state index in [9.17, 15) is 0 Å². The molecular weight excluding hydrogens is 256 g/mol. The fourth-order valence-corrected chi connectivity index (χ4v) is 4.43. The van der Waals surface area contributed by atoms with Gasteiger partial charge in [0.05, 0.1) is 6.04 Å². The Morgan fingerprint density at radius 3 is 3.21 bits per heavy atom. The smallest absolute Gasteiger partial charge is 0.202 e. The summed E-state index contributed by atoms with van der Waals surface area (Å²) in [5, 5.41) is 1.19. The molecule has 3 heterocycles. The van der Waals surface area contributed by atoms with Gasteiger partial charge in [-0.05, 0) is 25.8 Å². The lowest BCUT2D eigenvalue weighted by Gasteiger charge is -2.47. The van der Waals surface area contributed by atoms with Gasteiger partial charge < -0.3 is 9.64 Å². The third-order valence-electron chi connectivity index (χ3n) is 4.16. The van der Waals surface area contributed by atoms with Gasteiger partial charge in [-0.1, -0.05) is 30.0 Å². The van der Waals surface area contributed by atoms with Crippen molar-refractivity contribution in [2.24, 2.45) is 4.99 Å². The van der Waals surface area contributed by atoms with E-state index in [0.717, 1.165) is 18.7 Å². The molecule has 3 aliphatic rings. The normalized spacial score (nSPS) is 32.6. The highest BCUT2D eigenvalue weighted by Gasteiger charge is 2.45. The van der Waals surface area contributed by atoms with Gasteiger partial charge in [0, 0.05) is 24.3 Å². The topological polar surface area (TPSA) is 24.8 Å². The van der Waals surface area contributed by atoms with Crippen LogP contribution in [0.5, 0.6) is 5.75 Å². The molecule has 0 amide bonds. The molecule has 1 aromatic rings. The van der Waals surface area contributed by atoms with E-state index >= 15 is 0 Å². The molecule has 0 radical (unpaired) electrons. The first kappa shape index (κ1) is 11.6. The number of nitrogens with zero attached hydrogens (tertiary/aromatic N) is 2. The van der Waals surface area contributed by atoms with Crippen molar-refractivity contribution >= 4 is 16.9 Å². The minimum absolute atomic E-state index is 0.373. The van der Waals surface area contributed by atoms with Crippen molar-refractivity contribution in [1.82, 2.24) is 4.90 Å². The number of hydrogen-bond donors (Lipinski definition) is 0. The Hall–Kier alpha value is -1.16. The maximum absolute atomic E-state index is 6.15. The average molecular weight is 274 g/mol. The van der Waals surface area contributed by atoms with Crippen LogP contribution in [-0.2, 0) is 0 Å². The summed E-state index contributed by atoms with van der Waals surface area (Å²) in [6.45, 7) is 3.24. The summed E-state index contributed by atoms with van der Waals surface area (Å²) in [5.41, 5.74) is 0.956. The molecule has 3 aliphatic heterocycles. The van der Waals surface area contributed by atoms with Gasteiger partial charge in [-0.15, -0.1) is 0 Å². The van der Waals surface area contributed by atoms with Gasteiger partial charge in [0.2, 0.25) is 5.72 Å². The Bertz CT molecular complexity index is 545. The second kappa shape index (κ2) is 4.17. The highest BCUT2D eigenvalue weighted by Crippen LogP contribution is 2.47. The highest BCUT2D eigenvalue weighted by atomic mass is 32.2. The second-order valence-electron chi connectivity index (χ2n) is 5.68. The molecule has 1 saturated heterocycles. The van der Waals surface area contributed by atoms with Crippen molar-refractivity contribution in [2.45, 2.75) is 38.0 Å². The highest BCUT2D eigenvalue weighted by molar-refractivity contribution is 8.13. The van der Waals surface area contributed by atoms with Crippen LogP contribution in [0.4, 0.5) is 0 Å². The van der Waals surface area contributed by atoms with Crippen LogP contribution in [0.1, 0.15) is 37.8 Å². The molecule has 0 aromatic heterocycles. The molecule has 2 bridgehead atoms. The van der Waals surface area contributed by atoms with Crippen molar-refractivity contribution in [1.29, 1.82) is 0 Å². The molecule has 1 aromatic carbocycles. The zero-order chi connectivity index (χ0) is 12.9. The minimum atomic E-state index is -0.373. The number of amidine groups is 1. The van der Waals surface area contributed by atoms with Gasteiger partial charge in [-0.3, -0.25) is 0 Å². The largest absolute Gasteiger partial charge is 0.466 e. The molecule has 100 valence electrons. The first-order valence-corrected chi connectivity index (χ1v) is 8.01. The Balaban J connectivity index is 1.83. The van der Waals surface area contributed by atoms with E-state index in [1.54, 1.807) is 0 Å². The van der Waals surface area contributed by atoms with Gasteiger partial charge in [0.25, 0.3) is 0 Å². The third-order valence-corrected chi connectivity index (χ3v) is 5.24. The maximum Gasteiger partial charge on any atom is 0.202 e. The fraction of sp³-hybridized carbons (Fsp3) is 0.533. The van der Waals surface area contributed by atoms with E-state index in [2.05, 4.69) is 30.0 Å². The lowest BCUT2D eigenvalue weighted by molar-refractivity contribution is 0.0249. The summed E-state index contributed by atoms with van der Waals surface area (Å²) in [5.74, 6) is 2.19. The first-order valence-electron chi connectivity index (χ1n) is 7.02. The minimum Gasteiger partial charge on any atom is -0.466 e. The van der Waals surface area contributed by atoms with E-state index in [0.29, 0.717) is 6.04 Å². The van der Waals surface area contributed by atoms with Crippen molar-refractivity contribution in [3.05, 3.63) is 29.8 Å². The van der Waals surface area contributed by atoms with Crippen molar-refractivity contribution in [3.63, 3.8) is 0 Å². The zero-order valence-corrected chi connectivity index (χ0v) is 11.9. The Morgan fingerprint density at radius 2 is 2.26 bits per heavy atom. The summed E-state index contributed by atoms with van der Waals surface area (Å²) in [4.78, 5) is 7.40. The maximum atomic E-state index is 6.15. The molecule has 4 heteroatoms. The standard InChI is InChI=1S/C15H18N2OS/c1-15-10-12(11-6-2-3-7-13(11)18-15)17-8-4-5-9-19-14(17)16-15/h2-3,6-7,12H,4-5,8-10H2,1H3/t12-,15+/m1/s1. The lowest BCUT2D eigenvalue weighted by Crippen LogP contribution is -2.49. The Labute approximate surface area is 118 Å². The van der Waals surface area contributed by atoms with E-state index in [4.69, 9.17) is 9.73 Å². The zero-order valence-electron chi connectivity index (χ0n) is 11.1. The number of rotatable bonds is 0. The molecule has 0 saturated carbocycles. The second-order valence-corrected chi connectivity index (χ2v) is 6.74. The van der Waals surface area contributed by atoms with Crippen LogP contribution in [-0.4, -0.2) is 28.1 Å². The number of para-hydroxylation sites is 1. The molecule has 1 fully saturated rings. The van der Waals surface area contributed by atoms with Crippen LogP contribution in [0.2, 0.25) is 0 Å². The van der Waals surface area contributed by atoms with Crippen molar-refractivity contribution in [2.75, 3.05) is 12.3 Å². The summed E-state index contributed by atoms with van der Waals surface area (Å²) < 4.78 is 6.15. The molecule has 0 N–H and O–H groups in total. The fourth-order valence-electron chi connectivity index (χ4n) is 3.26. The van der Waals surface area contributed by atoms with Gasteiger partial charge >= 0.3 is 0 Å². The predicted octanol–water partition coefficient (Wildman–Crippen LogP) is 3.43. The molecule has 4 rings (SSSR count). The van der Waals surface area contributed by atoms with E-state index in [1.165, 1.54) is 29.3 Å². The number of thioether (sulfide) groups is 1. The van der Waals surface area contributed by atoms with Crippen LogP contribution < -0.4 is 4.74 Å². The summed E-state index contributed by atoms with van der Waals surface area (Å²) >= 11 is 1.89. The van der Waals surface area contributed by atoms with Crippen LogP contribution in [0.3, 0.4) is 0 Å². The van der Waals surface area contributed by atoms with Crippen molar-refractivity contribution in [3.8, 4) is 5.75 Å².